The molecular weight excluding hydrogens is 278 g/mol. The zero-order valence-electron chi connectivity index (χ0n) is 10.1. The maximum atomic E-state index is 12.2. The Morgan fingerprint density at radius 3 is 2.61 bits per heavy atom. The first-order chi connectivity index (χ1) is 8.43. The smallest absolute Gasteiger partial charge is 0.345 e. The number of carboxylic acids is 1. The van der Waals surface area contributed by atoms with E-state index in [1.165, 1.54) is 23.5 Å². The third-order valence-corrected chi connectivity index (χ3v) is 5.80. The average molecular weight is 293 g/mol. The molecule has 0 radical (unpaired) electrons. The van der Waals surface area contributed by atoms with Crippen LogP contribution in [0.15, 0.2) is 16.3 Å². The van der Waals surface area contributed by atoms with E-state index < -0.39 is 16.0 Å². The fourth-order valence-electron chi connectivity index (χ4n) is 1.34. The third-order valence-electron chi connectivity index (χ3n) is 2.28. The standard InChI is InChI=1S/C10H15NO5S2/c1-3-11(6-7-16-2)18(14,15)9-5-4-8(17-9)10(12)13/h4-5H,3,6-7H2,1-2H3,(H,12,13). The van der Waals surface area contributed by atoms with E-state index in [2.05, 4.69) is 0 Å². The van der Waals surface area contributed by atoms with Crippen LogP contribution in [0.4, 0.5) is 0 Å². The maximum absolute atomic E-state index is 12.2. The summed E-state index contributed by atoms with van der Waals surface area (Å²) in [7, 11) is -2.13. The van der Waals surface area contributed by atoms with Crippen LogP contribution in [0, 0.1) is 0 Å². The van der Waals surface area contributed by atoms with Crippen LogP contribution in [0.25, 0.3) is 0 Å². The summed E-state index contributed by atoms with van der Waals surface area (Å²) in [5, 5.41) is 8.78. The van der Waals surface area contributed by atoms with Gasteiger partial charge in [-0.15, -0.1) is 11.3 Å². The molecule has 0 aliphatic heterocycles. The van der Waals surface area contributed by atoms with Gasteiger partial charge < -0.3 is 9.84 Å². The van der Waals surface area contributed by atoms with E-state index in [0.29, 0.717) is 13.2 Å². The lowest BCUT2D eigenvalue weighted by molar-refractivity contribution is 0.0702. The molecule has 0 atom stereocenters. The predicted octanol–water partition coefficient (Wildman–Crippen LogP) is 1.10. The van der Waals surface area contributed by atoms with Crippen LogP contribution < -0.4 is 0 Å². The van der Waals surface area contributed by atoms with Crippen LogP contribution in [0.3, 0.4) is 0 Å². The monoisotopic (exact) mass is 293 g/mol. The Balaban J connectivity index is 2.99. The minimum Gasteiger partial charge on any atom is -0.477 e. The van der Waals surface area contributed by atoms with Crippen LogP contribution in [0.2, 0.25) is 0 Å². The number of hydrogen-bond acceptors (Lipinski definition) is 5. The average Bonchev–Trinajstić information content (AvgIpc) is 2.79. The Hall–Kier alpha value is -0.960. The molecule has 0 fully saturated rings. The normalized spacial score (nSPS) is 11.9. The molecule has 1 aromatic rings. The molecule has 0 amide bonds. The van der Waals surface area contributed by atoms with E-state index in [9.17, 15) is 13.2 Å². The summed E-state index contributed by atoms with van der Waals surface area (Å²) < 4.78 is 30.5. The number of likely N-dealkylation sites (N-methyl/N-ethyl adjacent to an activating group) is 1. The van der Waals surface area contributed by atoms with Crippen LogP contribution >= 0.6 is 11.3 Å². The highest BCUT2D eigenvalue weighted by molar-refractivity contribution is 7.91. The number of carbonyl (C=O) groups is 1. The lowest BCUT2D eigenvalue weighted by atomic mass is 10.5. The Morgan fingerprint density at radius 1 is 1.50 bits per heavy atom. The number of sulfonamides is 1. The molecule has 0 saturated heterocycles. The molecule has 8 heteroatoms. The summed E-state index contributed by atoms with van der Waals surface area (Å²) >= 11 is 0.755. The van der Waals surface area contributed by atoms with E-state index >= 15 is 0 Å². The maximum Gasteiger partial charge on any atom is 0.345 e. The first kappa shape index (κ1) is 15.1. The largest absolute Gasteiger partial charge is 0.477 e. The molecule has 1 N–H and O–H groups in total. The molecule has 0 saturated carbocycles. The van der Waals surface area contributed by atoms with E-state index in [1.807, 2.05) is 0 Å². The molecule has 1 rings (SSSR count). The summed E-state index contributed by atoms with van der Waals surface area (Å²) in [6, 6.07) is 2.61. The van der Waals surface area contributed by atoms with Gasteiger partial charge in [0, 0.05) is 20.2 Å². The number of rotatable bonds is 7. The molecule has 0 aromatic carbocycles. The van der Waals surface area contributed by atoms with Crippen molar-refractivity contribution in [3.05, 3.63) is 17.0 Å². The second-order valence-electron chi connectivity index (χ2n) is 3.41. The van der Waals surface area contributed by atoms with Gasteiger partial charge in [-0.2, -0.15) is 4.31 Å². The van der Waals surface area contributed by atoms with Gasteiger partial charge >= 0.3 is 5.97 Å². The van der Waals surface area contributed by atoms with Gasteiger partial charge in [-0.05, 0) is 12.1 Å². The van der Waals surface area contributed by atoms with Gasteiger partial charge in [-0.1, -0.05) is 6.92 Å². The zero-order valence-corrected chi connectivity index (χ0v) is 11.8. The summed E-state index contributed by atoms with van der Waals surface area (Å²) in [4.78, 5) is 10.7. The highest BCUT2D eigenvalue weighted by Gasteiger charge is 2.25. The van der Waals surface area contributed by atoms with Crippen LogP contribution in [0.5, 0.6) is 0 Å². The quantitative estimate of drug-likeness (QED) is 0.814. The van der Waals surface area contributed by atoms with Crippen LogP contribution in [-0.4, -0.2) is 50.6 Å². The highest BCUT2D eigenvalue weighted by atomic mass is 32.2. The third kappa shape index (κ3) is 3.29. The van der Waals surface area contributed by atoms with Crippen molar-refractivity contribution in [2.24, 2.45) is 0 Å². The van der Waals surface area contributed by atoms with Crippen molar-refractivity contribution in [1.29, 1.82) is 0 Å². The molecule has 1 aromatic heterocycles. The van der Waals surface area contributed by atoms with Gasteiger partial charge in [0.15, 0.2) is 0 Å². The van der Waals surface area contributed by atoms with Gasteiger partial charge in [-0.3, -0.25) is 0 Å². The van der Waals surface area contributed by atoms with Gasteiger partial charge in [-0.25, -0.2) is 13.2 Å². The number of carboxylic acid groups (broad SMARTS) is 1. The molecule has 0 aliphatic rings. The summed E-state index contributed by atoms with van der Waals surface area (Å²) in [6.07, 6.45) is 0. The molecule has 18 heavy (non-hydrogen) atoms. The van der Waals surface area contributed by atoms with Gasteiger partial charge in [0.05, 0.1) is 6.61 Å². The second-order valence-corrected chi connectivity index (χ2v) is 6.66. The van der Waals surface area contributed by atoms with E-state index in [1.54, 1.807) is 6.92 Å². The number of nitrogens with zero attached hydrogens (tertiary/aromatic N) is 1. The lowest BCUT2D eigenvalue weighted by Gasteiger charge is -2.18. The molecule has 0 bridgehead atoms. The zero-order chi connectivity index (χ0) is 13.8. The molecule has 6 nitrogen and oxygen atoms in total. The Morgan fingerprint density at radius 2 is 2.17 bits per heavy atom. The summed E-state index contributed by atoms with van der Waals surface area (Å²) in [5.41, 5.74) is 0. The second kappa shape index (κ2) is 6.28. The number of methoxy groups -OCH3 is 1. The van der Waals surface area contributed by atoms with Crippen molar-refractivity contribution >= 4 is 27.3 Å². The molecular formula is C10H15NO5S2. The van der Waals surface area contributed by atoms with Crippen molar-refractivity contribution in [2.75, 3.05) is 26.8 Å². The van der Waals surface area contributed by atoms with Crippen molar-refractivity contribution < 1.29 is 23.1 Å². The Labute approximate surface area is 110 Å². The van der Waals surface area contributed by atoms with E-state index in [4.69, 9.17) is 9.84 Å². The fraction of sp³-hybridized carbons (Fsp3) is 0.500. The first-order valence-electron chi connectivity index (χ1n) is 5.25. The lowest BCUT2D eigenvalue weighted by Crippen LogP contribution is -2.33. The SMILES string of the molecule is CCN(CCOC)S(=O)(=O)c1ccc(C(=O)O)s1. The molecule has 1 heterocycles. The van der Waals surface area contributed by atoms with Gasteiger partial charge in [0.1, 0.15) is 9.09 Å². The Bertz CT molecular complexity index is 508. The van der Waals surface area contributed by atoms with Crippen molar-refractivity contribution in [2.45, 2.75) is 11.1 Å². The number of aromatic carboxylic acids is 1. The van der Waals surface area contributed by atoms with E-state index in [0.717, 1.165) is 11.3 Å². The predicted molar refractivity (Wildman–Crippen MR) is 67.6 cm³/mol. The fourth-order valence-corrected chi connectivity index (χ4v) is 4.07. The molecule has 0 aliphatic carbocycles. The minimum absolute atomic E-state index is 0.0105. The highest BCUT2D eigenvalue weighted by Crippen LogP contribution is 2.24. The Kier molecular flexibility index (Phi) is 5.27. The van der Waals surface area contributed by atoms with Crippen molar-refractivity contribution in [3.63, 3.8) is 0 Å². The summed E-state index contributed by atoms with van der Waals surface area (Å²) in [5.74, 6) is -1.12. The molecule has 0 spiro atoms. The number of ether oxygens (including phenoxy) is 1. The molecule has 0 unspecified atom stereocenters. The van der Waals surface area contributed by atoms with E-state index in [-0.39, 0.29) is 15.6 Å². The van der Waals surface area contributed by atoms with Crippen molar-refractivity contribution in [3.8, 4) is 0 Å². The van der Waals surface area contributed by atoms with Gasteiger partial charge in [0.25, 0.3) is 10.0 Å². The summed E-state index contributed by atoms with van der Waals surface area (Å²) in [6.45, 7) is 2.57. The topological polar surface area (TPSA) is 83.9 Å². The first-order valence-corrected chi connectivity index (χ1v) is 7.51. The van der Waals surface area contributed by atoms with Gasteiger partial charge in [0.2, 0.25) is 0 Å². The minimum atomic E-state index is -3.63. The van der Waals surface area contributed by atoms with Crippen molar-refractivity contribution in [1.82, 2.24) is 4.31 Å². The number of thiophene rings is 1. The van der Waals surface area contributed by atoms with Crippen LogP contribution in [0.1, 0.15) is 16.6 Å². The number of hydrogen-bond donors (Lipinski definition) is 1. The van der Waals surface area contributed by atoms with Crippen LogP contribution in [-0.2, 0) is 14.8 Å². The molecule has 102 valence electrons.